The minimum absolute atomic E-state index is 0.120. The van der Waals surface area contributed by atoms with E-state index >= 15 is 0 Å². The van der Waals surface area contributed by atoms with Crippen molar-refractivity contribution in [1.82, 2.24) is 0 Å². The van der Waals surface area contributed by atoms with Gasteiger partial charge in [-0.2, -0.15) is 11.8 Å². The van der Waals surface area contributed by atoms with Crippen molar-refractivity contribution in [1.29, 1.82) is 0 Å². The van der Waals surface area contributed by atoms with Gasteiger partial charge in [0, 0.05) is 22.0 Å². The highest BCUT2D eigenvalue weighted by molar-refractivity contribution is 7.98. The SMILES string of the molecule is CCSCc1ccc(Cl)cc1C(=O)Nc1ccccc1. The number of hydrogen-bond acceptors (Lipinski definition) is 2. The van der Waals surface area contributed by atoms with Gasteiger partial charge in [0.2, 0.25) is 0 Å². The van der Waals surface area contributed by atoms with Crippen LogP contribution in [0.5, 0.6) is 0 Å². The number of thioether (sulfide) groups is 1. The molecular formula is C16H16ClNOS. The summed E-state index contributed by atoms with van der Waals surface area (Å²) in [5.41, 5.74) is 2.43. The first-order chi connectivity index (χ1) is 9.70. The van der Waals surface area contributed by atoms with Crippen LogP contribution in [0.15, 0.2) is 48.5 Å². The van der Waals surface area contributed by atoms with Crippen LogP contribution in [0.2, 0.25) is 5.02 Å². The predicted octanol–water partition coefficient (Wildman–Crippen LogP) is 4.85. The predicted molar refractivity (Wildman–Crippen MR) is 87.7 cm³/mol. The van der Waals surface area contributed by atoms with Crippen molar-refractivity contribution in [2.75, 3.05) is 11.1 Å². The van der Waals surface area contributed by atoms with E-state index < -0.39 is 0 Å². The molecule has 0 aliphatic heterocycles. The summed E-state index contributed by atoms with van der Waals surface area (Å²) < 4.78 is 0. The number of anilines is 1. The standard InChI is InChI=1S/C16H16ClNOS/c1-2-20-11-12-8-9-13(17)10-15(12)16(19)18-14-6-4-3-5-7-14/h3-10H,2,11H2,1H3,(H,18,19). The number of carbonyl (C=O) groups excluding carboxylic acids is 1. The van der Waals surface area contributed by atoms with Crippen molar-refractivity contribution in [3.63, 3.8) is 0 Å². The maximum absolute atomic E-state index is 12.4. The minimum atomic E-state index is -0.120. The normalized spacial score (nSPS) is 10.3. The van der Waals surface area contributed by atoms with Gasteiger partial charge in [0.05, 0.1) is 0 Å². The molecule has 0 saturated carbocycles. The minimum Gasteiger partial charge on any atom is -0.322 e. The van der Waals surface area contributed by atoms with Crippen LogP contribution < -0.4 is 5.32 Å². The van der Waals surface area contributed by atoms with E-state index in [-0.39, 0.29) is 5.91 Å². The van der Waals surface area contributed by atoms with Crippen LogP contribution in [0.4, 0.5) is 5.69 Å². The quantitative estimate of drug-likeness (QED) is 0.856. The summed E-state index contributed by atoms with van der Waals surface area (Å²) in [6, 6.07) is 14.9. The Bertz CT molecular complexity index is 586. The Kier molecular flexibility index (Phi) is 5.50. The van der Waals surface area contributed by atoms with E-state index in [1.807, 2.05) is 42.5 Å². The second kappa shape index (κ2) is 7.36. The summed E-state index contributed by atoms with van der Waals surface area (Å²) in [5.74, 6) is 1.71. The van der Waals surface area contributed by atoms with Crippen LogP contribution in [0.1, 0.15) is 22.8 Å². The van der Waals surface area contributed by atoms with Gasteiger partial charge < -0.3 is 5.32 Å². The van der Waals surface area contributed by atoms with Crippen molar-refractivity contribution in [2.45, 2.75) is 12.7 Å². The molecule has 0 aliphatic rings. The van der Waals surface area contributed by atoms with Gasteiger partial charge in [0.25, 0.3) is 5.91 Å². The van der Waals surface area contributed by atoms with Gasteiger partial charge in [-0.25, -0.2) is 0 Å². The van der Waals surface area contributed by atoms with Crippen molar-refractivity contribution in [3.8, 4) is 0 Å². The third-order valence-electron chi connectivity index (χ3n) is 2.81. The number of hydrogen-bond donors (Lipinski definition) is 1. The maximum atomic E-state index is 12.4. The summed E-state index contributed by atoms with van der Waals surface area (Å²) in [4.78, 5) is 12.4. The monoisotopic (exact) mass is 305 g/mol. The summed E-state index contributed by atoms with van der Waals surface area (Å²) in [7, 11) is 0. The Hall–Kier alpha value is -1.45. The smallest absolute Gasteiger partial charge is 0.256 e. The molecule has 0 unspecified atom stereocenters. The third kappa shape index (κ3) is 4.02. The number of amides is 1. The number of para-hydroxylation sites is 1. The maximum Gasteiger partial charge on any atom is 0.256 e. The molecule has 0 fully saturated rings. The lowest BCUT2D eigenvalue weighted by Gasteiger charge is -2.10. The van der Waals surface area contributed by atoms with E-state index in [2.05, 4.69) is 12.2 Å². The number of halogens is 1. The van der Waals surface area contributed by atoms with Crippen LogP contribution in [0.25, 0.3) is 0 Å². The second-order valence-corrected chi connectivity index (χ2v) is 5.97. The molecule has 1 N–H and O–H groups in total. The molecule has 0 aliphatic carbocycles. The molecule has 0 aromatic heterocycles. The molecule has 20 heavy (non-hydrogen) atoms. The molecule has 0 saturated heterocycles. The number of rotatable bonds is 5. The molecule has 0 spiro atoms. The Balaban J connectivity index is 2.21. The highest BCUT2D eigenvalue weighted by Crippen LogP contribution is 2.22. The molecule has 0 bridgehead atoms. The molecule has 0 atom stereocenters. The molecule has 104 valence electrons. The third-order valence-corrected chi connectivity index (χ3v) is 3.97. The van der Waals surface area contributed by atoms with E-state index in [4.69, 9.17) is 11.6 Å². The largest absolute Gasteiger partial charge is 0.322 e. The highest BCUT2D eigenvalue weighted by Gasteiger charge is 2.12. The van der Waals surface area contributed by atoms with Crippen LogP contribution >= 0.6 is 23.4 Å². The fourth-order valence-corrected chi connectivity index (χ4v) is 2.67. The second-order valence-electron chi connectivity index (χ2n) is 4.26. The van der Waals surface area contributed by atoms with Gasteiger partial charge in [0.1, 0.15) is 0 Å². The molecule has 2 nitrogen and oxygen atoms in total. The zero-order valence-electron chi connectivity index (χ0n) is 11.2. The lowest BCUT2D eigenvalue weighted by atomic mass is 10.1. The van der Waals surface area contributed by atoms with E-state index in [1.54, 1.807) is 17.8 Å². The number of nitrogens with one attached hydrogen (secondary N) is 1. The molecule has 2 aromatic rings. The van der Waals surface area contributed by atoms with Crippen LogP contribution in [0.3, 0.4) is 0 Å². The summed E-state index contributed by atoms with van der Waals surface area (Å²) in [6.07, 6.45) is 0. The van der Waals surface area contributed by atoms with Gasteiger partial charge in [-0.15, -0.1) is 0 Å². The van der Waals surface area contributed by atoms with E-state index in [0.29, 0.717) is 10.6 Å². The Morgan fingerprint density at radius 2 is 1.95 bits per heavy atom. The number of benzene rings is 2. The fraction of sp³-hybridized carbons (Fsp3) is 0.188. The summed E-state index contributed by atoms with van der Waals surface area (Å²) in [6.45, 7) is 2.10. The molecule has 4 heteroatoms. The molecule has 0 radical (unpaired) electrons. The van der Waals surface area contributed by atoms with Crippen molar-refractivity contribution in [2.24, 2.45) is 0 Å². The average molecular weight is 306 g/mol. The Morgan fingerprint density at radius 3 is 2.65 bits per heavy atom. The summed E-state index contributed by atoms with van der Waals surface area (Å²) in [5, 5.41) is 3.47. The Morgan fingerprint density at radius 1 is 1.20 bits per heavy atom. The molecule has 0 heterocycles. The van der Waals surface area contributed by atoms with Gasteiger partial charge >= 0.3 is 0 Å². The topological polar surface area (TPSA) is 29.1 Å². The fourth-order valence-electron chi connectivity index (χ4n) is 1.82. The molecular weight excluding hydrogens is 290 g/mol. The van der Waals surface area contributed by atoms with E-state index in [0.717, 1.165) is 22.8 Å². The van der Waals surface area contributed by atoms with Crippen molar-refractivity contribution >= 4 is 35.0 Å². The number of carbonyl (C=O) groups is 1. The van der Waals surface area contributed by atoms with E-state index in [9.17, 15) is 4.79 Å². The van der Waals surface area contributed by atoms with Gasteiger partial charge in [0.15, 0.2) is 0 Å². The molecule has 2 aromatic carbocycles. The van der Waals surface area contributed by atoms with Gasteiger partial charge in [-0.3, -0.25) is 4.79 Å². The van der Waals surface area contributed by atoms with Gasteiger partial charge in [-0.1, -0.05) is 42.8 Å². The van der Waals surface area contributed by atoms with Crippen molar-refractivity contribution < 1.29 is 4.79 Å². The average Bonchev–Trinajstić information content (AvgIpc) is 2.47. The first-order valence-electron chi connectivity index (χ1n) is 6.43. The zero-order chi connectivity index (χ0) is 14.4. The van der Waals surface area contributed by atoms with Crippen LogP contribution in [-0.4, -0.2) is 11.7 Å². The van der Waals surface area contributed by atoms with Crippen molar-refractivity contribution in [3.05, 3.63) is 64.7 Å². The molecule has 1 amide bonds. The summed E-state index contributed by atoms with van der Waals surface area (Å²) >= 11 is 7.79. The first kappa shape index (κ1) is 14.9. The lowest BCUT2D eigenvalue weighted by molar-refractivity contribution is 0.102. The zero-order valence-corrected chi connectivity index (χ0v) is 12.8. The van der Waals surface area contributed by atoms with Crippen LogP contribution in [-0.2, 0) is 5.75 Å². The van der Waals surface area contributed by atoms with Gasteiger partial charge in [-0.05, 0) is 35.6 Å². The van der Waals surface area contributed by atoms with E-state index in [1.165, 1.54) is 0 Å². The lowest BCUT2D eigenvalue weighted by Crippen LogP contribution is -2.14. The Labute approximate surface area is 128 Å². The first-order valence-corrected chi connectivity index (χ1v) is 7.96. The van der Waals surface area contributed by atoms with Crippen LogP contribution in [0, 0.1) is 0 Å². The highest BCUT2D eigenvalue weighted by atomic mass is 35.5. The molecule has 2 rings (SSSR count).